The molecule has 450 valence electrons. The van der Waals surface area contributed by atoms with Crippen molar-refractivity contribution >= 4 is 44.4 Å². The number of hydrogen-bond donors (Lipinski definition) is 10. The van der Waals surface area contributed by atoms with Crippen LogP contribution >= 0.6 is 0 Å². The molecule has 0 fully saturated rings. The van der Waals surface area contributed by atoms with Gasteiger partial charge in [0.15, 0.2) is 0 Å². The van der Waals surface area contributed by atoms with Crippen LogP contribution in [0.25, 0.3) is 44.4 Å². The molecule has 8 unspecified atom stereocenters. The molecule has 5 heterocycles. The van der Waals surface area contributed by atoms with E-state index in [2.05, 4.69) is 9.97 Å². The van der Waals surface area contributed by atoms with Gasteiger partial charge in [-0.1, -0.05) is 55.4 Å². The first-order valence-electron chi connectivity index (χ1n) is 29.2. The molecule has 0 amide bonds. The van der Waals surface area contributed by atoms with Gasteiger partial charge in [-0.2, -0.15) is 0 Å². The van der Waals surface area contributed by atoms with Crippen molar-refractivity contribution in [3.8, 4) is 0 Å². The maximum Gasteiger partial charge on any atom is 0.0848 e. The fourth-order valence-electron chi connectivity index (χ4n) is 11.2. The fourth-order valence-corrected chi connectivity index (χ4v) is 11.2. The number of nitrogens with zero attached hydrogens (tertiary/aromatic N) is 2. The normalized spacial score (nSPS) is 16.1. The highest BCUT2D eigenvalue weighted by Crippen LogP contribution is 2.46. The third kappa shape index (κ3) is 16.2. The van der Waals surface area contributed by atoms with Gasteiger partial charge in [0, 0.05) is 66.6 Å². The maximum atomic E-state index is 10.2. The Bertz CT molecular complexity index is 2230. The number of aliphatic hydroxyl groups excluding tert-OH is 8. The van der Waals surface area contributed by atoms with Gasteiger partial charge in [0.1, 0.15) is 0 Å². The maximum absolute atomic E-state index is 10.2. The number of hydrogen-bond acceptors (Lipinski definition) is 18. The van der Waals surface area contributed by atoms with E-state index in [1.54, 1.807) is 0 Å². The fraction of sp³-hybridized carbons (Fsp3) is 0.667. The number of aromatic nitrogens is 4. The van der Waals surface area contributed by atoms with Crippen molar-refractivity contribution in [3.63, 3.8) is 0 Å². The zero-order valence-corrected chi connectivity index (χ0v) is 48.6. The van der Waals surface area contributed by atoms with Gasteiger partial charge >= 0.3 is 0 Å². The summed E-state index contributed by atoms with van der Waals surface area (Å²) in [5.74, 6) is 0. The van der Waals surface area contributed by atoms with Crippen LogP contribution in [0.2, 0.25) is 0 Å². The van der Waals surface area contributed by atoms with E-state index in [1.807, 2.05) is 79.7 Å². The van der Waals surface area contributed by atoms with E-state index < -0.39 is 48.8 Å². The van der Waals surface area contributed by atoms with Crippen molar-refractivity contribution in [2.75, 3.05) is 106 Å². The molecule has 5 rings (SSSR count). The topological polar surface area (TPSA) is 293 Å². The average Bonchev–Trinajstić information content (AvgIpc) is 4.42. The first-order valence-corrected chi connectivity index (χ1v) is 29.2. The Morgan fingerprint density at radius 2 is 0.450 bits per heavy atom. The molecule has 0 spiro atoms. The van der Waals surface area contributed by atoms with Crippen LogP contribution in [0.1, 0.15) is 176 Å². The van der Waals surface area contributed by atoms with Crippen LogP contribution in [0.4, 0.5) is 0 Å². The Morgan fingerprint density at radius 1 is 0.287 bits per heavy atom. The van der Waals surface area contributed by atoms with Gasteiger partial charge in [0.25, 0.3) is 0 Å². The minimum absolute atomic E-state index is 0.0274. The van der Waals surface area contributed by atoms with Crippen molar-refractivity contribution < 1.29 is 78.7 Å². The molecule has 2 aliphatic heterocycles. The van der Waals surface area contributed by atoms with Crippen molar-refractivity contribution in [2.24, 2.45) is 0 Å². The molecular formula is C60H94N4O16. The first kappa shape index (κ1) is 66.8. The average molecular weight is 1130 g/mol. The summed E-state index contributed by atoms with van der Waals surface area (Å²) >= 11 is 0. The summed E-state index contributed by atoms with van der Waals surface area (Å²) in [6, 6.07) is 7.86. The molecule has 10 N–H and O–H groups in total. The van der Waals surface area contributed by atoms with Crippen molar-refractivity contribution in [1.29, 1.82) is 0 Å². The van der Waals surface area contributed by atoms with E-state index in [9.17, 15) is 40.9 Å². The van der Waals surface area contributed by atoms with Gasteiger partial charge in [-0.15, -0.1) is 0 Å². The lowest BCUT2D eigenvalue weighted by atomic mass is 9.91. The third-order valence-corrected chi connectivity index (χ3v) is 14.4. The highest BCUT2D eigenvalue weighted by molar-refractivity contribution is 5.99. The molecule has 8 bridgehead atoms. The van der Waals surface area contributed by atoms with Crippen LogP contribution < -0.4 is 0 Å². The predicted molar refractivity (Wildman–Crippen MR) is 307 cm³/mol. The summed E-state index contributed by atoms with van der Waals surface area (Å²) in [4.78, 5) is 18.7. The van der Waals surface area contributed by atoms with Gasteiger partial charge in [0.2, 0.25) is 0 Å². The predicted octanol–water partition coefficient (Wildman–Crippen LogP) is 7.13. The molecule has 0 radical (unpaired) electrons. The standard InChI is InChI=1S/C60H94N4O16/c1-9-45(73-25-17-65)53-37-33-39-55(47(11-3)75-27-19-67)57(49(13-5)77-29-21-69)41(62-39)35-43-59(51(15-7)79-31-23-71)60(52(16-8)80-32-24-72)44(64-43)36-42-58(50(14-6)78-30-22-70)56(48(12-4)76-28-20-68)40(63-42)34-38(61-37)54(53)46(10-2)74-26-18-66/h33-36,45-52,61,64-72H,9-32H2,1-8H3. The number of H-pyrrole nitrogens is 2. The van der Waals surface area contributed by atoms with Gasteiger partial charge in [-0.25, -0.2) is 9.97 Å². The molecule has 20 nitrogen and oxygen atoms in total. The molecule has 20 heteroatoms. The van der Waals surface area contributed by atoms with E-state index in [0.717, 1.165) is 22.3 Å². The molecule has 2 aliphatic rings. The lowest BCUT2D eigenvalue weighted by Crippen LogP contribution is -2.22. The van der Waals surface area contributed by atoms with Crippen LogP contribution in [0, 0.1) is 0 Å². The Kier molecular flexibility index (Phi) is 29.4. The second-order valence-electron chi connectivity index (χ2n) is 19.5. The van der Waals surface area contributed by atoms with Gasteiger partial charge < -0.3 is 88.7 Å². The Hall–Kier alpha value is -4.04. The summed E-state index contributed by atoms with van der Waals surface area (Å²) in [5.41, 5.74) is 10.3. The van der Waals surface area contributed by atoms with Crippen LogP contribution in [0.15, 0.2) is 24.3 Å². The largest absolute Gasteiger partial charge is 0.394 e. The van der Waals surface area contributed by atoms with E-state index in [1.165, 1.54) is 0 Å². The molecule has 3 aromatic heterocycles. The van der Waals surface area contributed by atoms with E-state index in [0.29, 0.717) is 119 Å². The van der Waals surface area contributed by atoms with Gasteiger partial charge in [0.05, 0.1) is 177 Å². The minimum Gasteiger partial charge on any atom is -0.394 e. The second kappa shape index (κ2) is 35.2. The molecular weight excluding hydrogens is 1030 g/mol. The highest BCUT2D eigenvalue weighted by Gasteiger charge is 2.37. The lowest BCUT2D eigenvalue weighted by molar-refractivity contribution is 0.0136. The number of aromatic amines is 2. The minimum atomic E-state index is -0.619. The number of aliphatic hydroxyl groups is 8. The molecule has 8 atom stereocenters. The SMILES string of the molecule is CCC(OCCO)C1=C(C(CC)OCCO)c2cc3[nH]c(cc4nc(cc5[nH]c(cc1n2)c(C(CC)OCCO)c5C(CC)OCCO)C(C(CC)OCCO)=C4C(CC)OCCO)c(C(CC)OCCO)c3C(CC)OCCO. The smallest absolute Gasteiger partial charge is 0.0848 e. The number of ether oxygens (including phenoxy) is 8. The molecule has 0 aromatic carbocycles. The van der Waals surface area contributed by atoms with Crippen LogP contribution in [-0.4, -0.2) is 191 Å². The zero-order valence-electron chi connectivity index (χ0n) is 48.6. The second-order valence-corrected chi connectivity index (χ2v) is 19.5. The molecule has 0 aliphatic carbocycles. The lowest BCUT2D eigenvalue weighted by Gasteiger charge is -2.24. The molecule has 0 saturated heterocycles. The van der Waals surface area contributed by atoms with Crippen molar-refractivity contribution in [3.05, 3.63) is 69.3 Å². The summed E-state index contributed by atoms with van der Waals surface area (Å²) in [6.07, 6.45) is -1.10. The van der Waals surface area contributed by atoms with Crippen LogP contribution in [0.3, 0.4) is 0 Å². The molecule has 3 aromatic rings. The summed E-state index contributed by atoms with van der Waals surface area (Å²) in [5, 5.41) is 81.9. The third-order valence-electron chi connectivity index (χ3n) is 14.4. The van der Waals surface area contributed by atoms with Crippen LogP contribution in [0.5, 0.6) is 0 Å². The van der Waals surface area contributed by atoms with Gasteiger partial charge in [-0.05, 0) is 75.6 Å². The van der Waals surface area contributed by atoms with Crippen molar-refractivity contribution in [1.82, 2.24) is 19.9 Å². The number of fused-ring (bicyclic) bond motifs is 8. The highest BCUT2D eigenvalue weighted by atomic mass is 16.5. The Morgan fingerprint density at radius 3 is 0.600 bits per heavy atom. The molecule has 0 saturated carbocycles. The number of nitrogens with one attached hydrogen (secondary N) is 2. The quantitative estimate of drug-likeness (QED) is 0.0271. The number of rotatable bonds is 40. The summed E-state index contributed by atoms with van der Waals surface area (Å²) in [7, 11) is 0. The van der Waals surface area contributed by atoms with E-state index in [4.69, 9.17) is 47.9 Å². The van der Waals surface area contributed by atoms with Crippen molar-refractivity contribution in [2.45, 2.75) is 156 Å². The molecule has 80 heavy (non-hydrogen) atoms. The monoisotopic (exact) mass is 1130 g/mol. The van der Waals surface area contributed by atoms with E-state index >= 15 is 0 Å². The van der Waals surface area contributed by atoms with Gasteiger partial charge in [-0.3, -0.25) is 0 Å². The summed E-state index contributed by atoms with van der Waals surface area (Å²) in [6.45, 7) is 14.4. The first-order chi connectivity index (χ1) is 39.0. The Labute approximate surface area is 472 Å². The summed E-state index contributed by atoms with van der Waals surface area (Å²) < 4.78 is 52.4. The Balaban J connectivity index is 2.31. The van der Waals surface area contributed by atoms with E-state index in [-0.39, 0.29) is 106 Å². The van der Waals surface area contributed by atoms with Crippen LogP contribution in [-0.2, 0) is 37.9 Å². The zero-order chi connectivity index (χ0) is 58.1.